The van der Waals surface area contributed by atoms with Crippen LogP contribution in [0.1, 0.15) is 30.4 Å². The van der Waals surface area contributed by atoms with Gasteiger partial charge in [0.2, 0.25) is 5.91 Å². The Kier molecular flexibility index (Phi) is 2.28. The minimum Gasteiger partial charge on any atom is -0.353 e. The summed E-state index contributed by atoms with van der Waals surface area (Å²) in [7, 11) is 0. The van der Waals surface area contributed by atoms with Crippen LogP contribution in [0.5, 0.6) is 0 Å². The van der Waals surface area contributed by atoms with E-state index in [0.29, 0.717) is 12.3 Å². The second-order valence-corrected chi connectivity index (χ2v) is 4.08. The Hall–Kier alpha value is -1.31. The molecule has 1 N–H and O–H groups in total. The molecule has 2 nitrogen and oxygen atoms in total. The lowest BCUT2D eigenvalue weighted by atomic mass is 9.92. The highest BCUT2D eigenvalue weighted by molar-refractivity contribution is 5.80. The maximum atomic E-state index is 11.2. The Labute approximate surface area is 84.3 Å². The van der Waals surface area contributed by atoms with Crippen LogP contribution in [0.3, 0.4) is 0 Å². The summed E-state index contributed by atoms with van der Waals surface area (Å²) >= 11 is 0. The van der Waals surface area contributed by atoms with Gasteiger partial charge in [0.05, 0.1) is 0 Å². The summed E-state index contributed by atoms with van der Waals surface area (Å²) < 4.78 is 0. The van der Waals surface area contributed by atoms with Gasteiger partial charge in [0.25, 0.3) is 0 Å². The topological polar surface area (TPSA) is 29.1 Å². The van der Waals surface area contributed by atoms with Gasteiger partial charge in [0.15, 0.2) is 0 Å². The lowest BCUT2D eigenvalue weighted by Crippen LogP contribution is -2.24. The monoisotopic (exact) mass is 189 g/mol. The molecule has 1 fully saturated rings. The molecule has 0 unspecified atom stereocenters. The number of hydrogen-bond acceptors (Lipinski definition) is 1. The van der Waals surface area contributed by atoms with E-state index in [0.717, 1.165) is 0 Å². The van der Waals surface area contributed by atoms with E-state index in [4.69, 9.17) is 0 Å². The van der Waals surface area contributed by atoms with Crippen LogP contribution in [0.25, 0.3) is 0 Å². The number of aryl methyl sites for hydroxylation is 1. The molecule has 0 radical (unpaired) electrons. The summed E-state index contributed by atoms with van der Waals surface area (Å²) in [6.45, 7) is 4.14. The van der Waals surface area contributed by atoms with Gasteiger partial charge in [-0.2, -0.15) is 0 Å². The standard InChI is InChI=1S/C12H15NO/c1-8-3-5-10(6-4-8)11-7-12(14)13-9(11)2/h3-6,9,11H,7H2,1-2H3,(H,13,14)/t9-,11-/m1/s1. The van der Waals surface area contributed by atoms with Crippen LogP contribution in [0.2, 0.25) is 0 Å². The minimum atomic E-state index is 0.170. The molecule has 0 aliphatic carbocycles. The number of amides is 1. The fraction of sp³-hybridized carbons (Fsp3) is 0.417. The first kappa shape index (κ1) is 9.25. The van der Waals surface area contributed by atoms with Crippen molar-refractivity contribution < 1.29 is 4.79 Å². The van der Waals surface area contributed by atoms with Crippen LogP contribution in [0.4, 0.5) is 0 Å². The fourth-order valence-electron chi connectivity index (χ4n) is 2.01. The quantitative estimate of drug-likeness (QED) is 0.719. The van der Waals surface area contributed by atoms with E-state index in [-0.39, 0.29) is 11.9 Å². The van der Waals surface area contributed by atoms with Crippen molar-refractivity contribution in [3.05, 3.63) is 35.4 Å². The molecule has 1 aliphatic heterocycles. The van der Waals surface area contributed by atoms with E-state index >= 15 is 0 Å². The molecule has 2 atom stereocenters. The SMILES string of the molecule is Cc1ccc([C@@H]2CC(=O)N[C@@H]2C)cc1. The van der Waals surface area contributed by atoms with Gasteiger partial charge >= 0.3 is 0 Å². The molecule has 1 aromatic rings. The predicted octanol–water partition coefficient (Wildman–Crippen LogP) is 1.99. The molecule has 2 heteroatoms. The lowest BCUT2D eigenvalue weighted by Gasteiger charge is -2.14. The van der Waals surface area contributed by atoms with Gasteiger partial charge in [-0.1, -0.05) is 29.8 Å². The Bertz CT molecular complexity index is 342. The lowest BCUT2D eigenvalue weighted by molar-refractivity contribution is -0.119. The number of hydrogen-bond donors (Lipinski definition) is 1. The van der Waals surface area contributed by atoms with Crippen LogP contribution in [-0.4, -0.2) is 11.9 Å². The van der Waals surface area contributed by atoms with Crippen molar-refractivity contribution in [2.75, 3.05) is 0 Å². The van der Waals surface area contributed by atoms with E-state index in [1.807, 2.05) is 0 Å². The van der Waals surface area contributed by atoms with Crippen molar-refractivity contribution in [3.63, 3.8) is 0 Å². The minimum absolute atomic E-state index is 0.170. The Morgan fingerprint density at radius 3 is 2.43 bits per heavy atom. The van der Waals surface area contributed by atoms with Gasteiger partial charge in [0.1, 0.15) is 0 Å². The summed E-state index contributed by atoms with van der Waals surface area (Å²) in [6.07, 6.45) is 0.629. The Balaban J connectivity index is 2.23. The zero-order chi connectivity index (χ0) is 10.1. The molecule has 0 aromatic heterocycles. The third-order valence-corrected chi connectivity index (χ3v) is 2.90. The van der Waals surface area contributed by atoms with Crippen LogP contribution < -0.4 is 5.32 Å². The molecule has 74 valence electrons. The van der Waals surface area contributed by atoms with Crippen molar-refractivity contribution in [2.45, 2.75) is 32.2 Å². The molecule has 0 saturated carbocycles. The van der Waals surface area contributed by atoms with Gasteiger partial charge in [-0.05, 0) is 19.4 Å². The van der Waals surface area contributed by atoms with E-state index < -0.39 is 0 Å². The molecule has 2 rings (SSSR count). The first-order valence-corrected chi connectivity index (χ1v) is 5.03. The zero-order valence-corrected chi connectivity index (χ0v) is 8.58. The second kappa shape index (κ2) is 3.45. The normalized spacial score (nSPS) is 26.3. The summed E-state index contributed by atoms with van der Waals surface area (Å²) in [5.41, 5.74) is 2.53. The van der Waals surface area contributed by atoms with Crippen molar-refractivity contribution in [3.8, 4) is 0 Å². The largest absolute Gasteiger partial charge is 0.353 e. The highest BCUT2D eigenvalue weighted by atomic mass is 16.1. The van der Waals surface area contributed by atoms with Crippen molar-refractivity contribution in [2.24, 2.45) is 0 Å². The van der Waals surface area contributed by atoms with E-state index in [2.05, 4.69) is 43.4 Å². The van der Waals surface area contributed by atoms with Gasteiger partial charge in [-0.3, -0.25) is 4.79 Å². The van der Waals surface area contributed by atoms with Crippen LogP contribution in [-0.2, 0) is 4.79 Å². The Morgan fingerprint density at radius 2 is 1.93 bits per heavy atom. The van der Waals surface area contributed by atoms with Gasteiger partial charge < -0.3 is 5.32 Å². The molecule has 1 aromatic carbocycles. The molecule has 1 aliphatic rings. The van der Waals surface area contributed by atoms with Crippen molar-refractivity contribution in [1.82, 2.24) is 5.32 Å². The average molecular weight is 189 g/mol. The molecule has 0 spiro atoms. The third kappa shape index (κ3) is 1.65. The first-order chi connectivity index (χ1) is 6.66. The van der Waals surface area contributed by atoms with Crippen molar-refractivity contribution >= 4 is 5.91 Å². The van der Waals surface area contributed by atoms with E-state index in [1.54, 1.807) is 0 Å². The summed E-state index contributed by atoms with van der Waals surface area (Å²) in [5.74, 6) is 0.520. The molecule has 1 saturated heterocycles. The summed E-state index contributed by atoms with van der Waals surface area (Å²) in [6, 6.07) is 8.72. The Morgan fingerprint density at radius 1 is 1.29 bits per heavy atom. The van der Waals surface area contributed by atoms with Crippen LogP contribution >= 0.6 is 0 Å². The number of carbonyl (C=O) groups is 1. The van der Waals surface area contributed by atoms with Crippen LogP contribution in [0.15, 0.2) is 24.3 Å². The molecule has 1 heterocycles. The number of rotatable bonds is 1. The molecule has 0 bridgehead atoms. The third-order valence-electron chi connectivity index (χ3n) is 2.90. The number of carbonyl (C=O) groups excluding carboxylic acids is 1. The maximum absolute atomic E-state index is 11.2. The maximum Gasteiger partial charge on any atom is 0.220 e. The molecular formula is C12H15NO. The highest BCUT2D eigenvalue weighted by Gasteiger charge is 2.29. The predicted molar refractivity (Wildman–Crippen MR) is 56.1 cm³/mol. The number of benzene rings is 1. The number of nitrogens with one attached hydrogen (secondary N) is 1. The van der Waals surface area contributed by atoms with Crippen LogP contribution in [0, 0.1) is 6.92 Å². The second-order valence-electron chi connectivity index (χ2n) is 4.08. The summed E-state index contributed by atoms with van der Waals surface area (Å²) in [4.78, 5) is 11.2. The molecule has 1 amide bonds. The summed E-state index contributed by atoms with van der Waals surface area (Å²) in [5, 5.41) is 2.94. The van der Waals surface area contributed by atoms with Gasteiger partial charge in [0, 0.05) is 18.4 Å². The molecule has 14 heavy (non-hydrogen) atoms. The first-order valence-electron chi connectivity index (χ1n) is 5.03. The molecular weight excluding hydrogens is 174 g/mol. The fourth-order valence-corrected chi connectivity index (χ4v) is 2.01. The van der Waals surface area contributed by atoms with E-state index in [9.17, 15) is 4.79 Å². The highest BCUT2D eigenvalue weighted by Crippen LogP contribution is 2.28. The smallest absolute Gasteiger partial charge is 0.220 e. The average Bonchev–Trinajstić information content (AvgIpc) is 2.47. The zero-order valence-electron chi connectivity index (χ0n) is 8.58. The van der Waals surface area contributed by atoms with E-state index in [1.165, 1.54) is 11.1 Å². The van der Waals surface area contributed by atoms with Gasteiger partial charge in [-0.25, -0.2) is 0 Å². The van der Waals surface area contributed by atoms with Crippen molar-refractivity contribution in [1.29, 1.82) is 0 Å². The van der Waals surface area contributed by atoms with Gasteiger partial charge in [-0.15, -0.1) is 0 Å².